The molecule has 0 spiro atoms. The molecular formula is C16H32IN7. The van der Waals surface area contributed by atoms with Crippen molar-refractivity contribution in [3.8, 4) is 0 Å². The van der Waals surface area contributed by atoms with Crippen LogP contribution in [0.25, 0.3) is 0 Å². The van der Waals surface area contributed by atoms with Crippen LogP contribution in [-0.4, -0.2) is 64.4 Å². The molecule has 1 aliphatic carbocycles. The van der Waals surface area contributed by atoms with Gasteiger partial charge in [0.1, 0.15) is 12.2 Å². The predicted octanol–water partition coefficient (Wildman–Crippen LogP) is 1.50. The van der Waals surface area contributed by atoms with Crippen molar-refractivity contribution in [2.24, 2.45) is 4.99 Å². The van der Waals surface area contributed by atoms with E-state index in [1.54, 1.807) is 6.33 Å². The van der Waals surface area contributed by atoms with Crippen LogP contribution >= 0.6 is 24.0 Å². The molecule has 24 heavy (non-hydrogen) atoms. The molecule has 1 heterocycles. The van der Waals surface area contributed by atoms with E-state index in [0.29, 0.717) is 0 Å². The minimum Gasteiger partial charge on any atom is -0.357 e. The second-order valence-corrected chi connectivity index (χ2v) is 5.84. The molecule has 2 N–H and O–H groups in total. The fourth-order valence-electron chi connectivity index (χ4n) is 2.70. The molecule has 0 aliphatic heterocycles. The fraction of sp³-hybridized carbons (Fsp3) is 0.812. The van der Waals surface area contributed by atoms with Gasteiger partial charge in [0.2, 0.25) is 0 Å². The van der Waals surface area contributed by atoms with Gasteiger partial charge < -0.3 is 15.2 Å². The topological polar surface area (TPSA) is 70.4 Å². The largest absolute Gasteiger partial charge is 0.357 e. The van der Waals surface area contributed by atoms with E-state index in [2.05, 4.69) is 56.1 Å². The fourth-order valence-corrected chi connectivity index (χ4v) is 2.70. The summed E-state index contributed by atoms with van der Waals surface area (Å²) < 4.78 is 2.09. The van der Waals surface area contributed by atoms with E-state index in [1.165, 1.54) is 12.8 Å². The molecule has 2 rings (SSSR count). The van der Waals surface area contributed by atoms with Crippen LogP contribution in [0.1, 0.15) is 39.4 Å². The first-order valence-electron chi connectivity index (χ1n) is 8.91. The Morgan fingerprint density at radius 3 is 2.75 bits per heavy atom. The average Bonchev–Trinajstić information content (AvgIpc) is 3.30. The van der Waals surface area contributed by atoms with E-state index < -0.39 is 0 Å². The minimum absolute atomic E-state index is 0. The van der Waals surface area contributed by atoms with Gasteiger partial charge in [0, 0.05) is 38.6 Å². The zero-order chi connectivity index (χ0) is 16.5. The van der Waals surface area contributed by atoms with Gasteiger partial charge in [-0.05, 0) is 26.3 Å². The number of aromatic nitrogens is 3. The van der Waals surface area contributed by atoms with Gasteiger partial charge in [0.25, 0.3) is 0 Å². The van der Waals surface area contributed by atoms with Crippen molar-refractivity contribution in [1.82, 2.24) is 30.3 Å². The summed E-state index contributed by atoms with van der Waals surface area (Å²) in [6, 6.07) is 0.812. The van der Waals surface area contributed by atoms with Gasteiger partial charge in [0.05, 0.1) is 6.54 Å². The maximum atomic E-state index is 4.69. The molecule has 0 saturated heterocycles. The molecule has 138 valence electrons. The summed E-state index contributed by atoms with van der Waals surface area (Å²) in [5.41, 5.74) is 0. The van der Waals surface area contributed by atoms with Crippen molar-refractivity contribution >= 4 is 29.9 Å². The third kappa shape index (κ3) is 6.92. The number of nitrogens with one attached hydrogen (secondary N) is 2. The second-order valence-electron chi connectivity index (χ2n) is 5.84. The molecule has 0 aromatic carbocycles. The lowest BCUT2D eigenvalue weighted by Crippen LogP contribution is -2.39. The first-order chi connectivity index (χ1) is 11.3. The van der Waals surface area contributed by atoms with E-state index >= 15 is 0 Å². The second kappa shape index (κ2) is 11.6. The van der Waals surface area contributed by atoms with E-state index in [1.807, 2.05) is 0 Å². The molecule has 1 fully saturated rings. The van der Waals surface area contributed by atoms with Crippen LogP contribution in [-0.2, 0) is 13.0 Å². The Labute approximate surface area is 162 Å². The summed E-state index contributed by atoms with van der Waals surface area (Å²) in [5.74, 6) is 1.92. The highest BCUT2D eigenvalue weighted by Gasteiger charge is 2.27. The summed E-state index contributed by atoms with van der Waals surface area (Å²) in [4.78, 5) is 7.21. The van der Waals surface area contributed by atoms with Crippen molar-refractivity contribution in [1.29, 1.82) is 0 Å². The number of hydrogen-bond donors (Lipinski definition) is 2. The highest BCUT2D eigenvalue weighted by Crippen LogP contribution is 2.25. The highest BCUT2D eigenvalue weighted by atomic mass is 127. The summed E-state index contributed by atoms with van der Waals surface area (Å²) in [6.45, 7) is 12.0. The van der Waals surface area contributed by atoms with Crippen LogP contribution in [0.4, 0.5) is 0 Å². The van der Waals surface area contributed by atoms with E-state index in [4.69, 9.17) is 0 Å². The lowest BCUT2D eigenvalue weighted by atomic mass is 10.4. The third-order valence-corrected chi connectivity index (χ3v) is 4.13. The summed E-state index contributed by atoms with van der Waals surface area (Å²) in [7, 11) is 0. The number of halogens is 1. The molecule has 1 aromatic heterocycles. The molecule has 0 radical (unpaired) electrons. The highest BCUT2D eigenvalue weighted by molar-refractivity contribution is 14.0. The number of aryl methyl sites for hydroxylation is 1. The Bertz CT molecular complexity index is 485. The first kappa shape index (κ1) is 21.1. The molecule has 0 atom stereocenters. The van der Waals surface area contributed by atoms with E-state index in [-0.39, 0.29) is 24.0 Å². The molecule has 0 unspecified atom stereocenters. The summed E-state index contributed by atoms with van der Waals surface area (Å²) in [6.07, 6.45) is 5.41. The number of rotatable bonds is 10. The van der Waals surface area contributed by atoms with Gasteiger partial charge in [-0.25, -0.2) is 0 Å². The quantitative estimate of drug-likeness (QED) is 0.322. The lowest BCUT2D eigenvalue weighted by molar-refractivity contribution is 0.286. The molecule has 0 bridgehead atoms. The van der Waals surface area contributed by atoms with Crippen LogP contribution in [0.15, 0.2) is 11.3 Å². The van der Waals surface area contributed by atoms with Crippen molar-refractivity contribution in [3.63, 3.8) is 0 Å². The summed E-state index contributed by atoms with van der Waals surface area (Å²) >= 11 is 0. The molecular weight excluding hydrogens is 417 g/mol. The van der Waals surface area contributed by atoms with Gasteiger partial charge >= 0.3 is 0 Å². The monoisotopic (exact) mass is 449 g/mol. The van der Waals surface area contributed by atoms with Crippen molar-refractivity contribution in [2.45, 2.75) is 52.6 Å². The minimum atomic E-state index is 0. The SMILES string of the molecule is CCNC(=NCCN(CC)C1CC1)NCCn1cnnc1CC.I. The Hall–Kier alpha value is -0.900. The Morgan fingerprint density at radius 1 is 1.33 bits per heavy atom. The van der Waals surface area contributed by atoms with Crippen LogP contribution < -0.4 is 10.6 Å². The summed E-state index contributed by atoms with van der Waals surface area (Å²) in [5, 5.41) is 14.8. The molecule has 1 saturated carbocycles. The smallest absolute Gasteiger partial charge is 0.191 e. The maximum Gasteiger partial charge on any atom is 0.191 e. The Balaban J connectivity index is 0.00000288. The van der Waals surface area contributed by atoms with Gasteiger partial charge in [-0.1, -0.05) is 13.8 Å². The van der Waals surface area contributed by atoms with Gasteiger partial charge in [-0.15, -0.1) is 34.2 Å². The predicted molar refractivity (Wildman–Crippen MR) is 109 cm³/mol. The van der Waals surface area contributed by atoms with Crippen LogP contribution in [0, 0.1) is 0 Å². The molecule has 1 aliphatic rings. The lowest BCUT2D eigenvalue weighted by Gasteiger charge is -2.19. The normalized spacial score (nSPS) is 14.6. The first-order valence-corrected chi connectivity index (χ1v) is 8.91. The van der Waals surface area contributed by atoms with Crippen molar-refractivity contribution in [2.75, 3.05) is 32.7 Å². The molecule has 1 aromatic rings. The number of nitrogens with zero attached hydrogens (tertiary/aromatic N) is 5. The average molecular weight is 449 g/mol. The molecule has 0 amide bonds. The number of likely N-dealkylation sites (N-methyl/N-ethyl adjacent to an activating group) is 1. The van der Waals surface area contributed by atoms with E-state index in [0.717, 1.165) is 63.5 Å². The Kier molecular flexibility index (Phi) is 10.2. The van der Waals surface area contributed by atoms with Crippen molar-refractivity contribution in [3.05, 3.63) is 12.2 Å². The van der Waals surface area contributed by atoms with Crippen LogP contribution in [0.5, 0.6) is 0 Å². The maximum absolute atomic E-state index is 4.69. The van der Waals surface area contributed by atoms with Crippen molar-refractivity contribution < 1.29 is 0 Å². The Morgan fingerprint density at radius 2 is 2.12 bits per heavy atom. The third-order valence-electron chi connectivity index (χ3n) is 4.13. The van der Waals surface area contributed by atoms with Gasteiger partial charge in [-0.2, -0.15) is 0 Å². The number of aliphatic imine (C=N–C) groups is 1. The van der Waals surface area contributed by atoms with Gasteiger partial charge in [0.15, 0.2) is 5.96 Å². The van der Waals surface area contributed by atoms with Crippen LogP contribution in [0.3, 0.4) is 0 Å². The zero-order valence-corrected chi connectivity index (χ0v) is 17.5. The van der Waals surface area contributed by atoms with Gasteiger partial charge in [-0.3, -0.25) is 9.89 Å². The molecule has 8 heteroatoms. The van der Waals surface area contributed by atoms with Crippen LogP contribution in [0.2, 0.25) is 0 Å². The number of guanidine groups is 1. The van der Waals surface area contributed by atoms with E-state index in [9.17, 15) is 0 Å². The molecule has 7 nitrogen and oxygen atoms in total. The number of hydrogen-bond acceptors (Lipinski definition) is 4. The zero-order valence-electron chi connectivity index (χ0n) is 15.2. The standard InChI is InChI=1S/C16H31N7.HI/c1-4-15-21-20-13-23(15)12-10-19-16(17-5-2)18-9-11-22(6-3)14-7-8-14;/h13-14H,4-12H2,1-3H3,(H2,17,18,19);1H.